The van der Waals surface area contributed by atoms with E-state index in [9.17, 15) is 15.5 Å². The third-order valence-electron chi connectivity index (χ3n) is 8.00. The number of rotatable bonds is 0. The van der Waals surface area contributed by atoms with Crippen LogP contribution in [-0.4, -0.2) is 16.8 Å². The predicted molar refractivity (Wildman–Crippen MR) is 129 cm³/mol. The van der Waals surface area contributed by atoms with E-state index in [1.807, 2.05) is 12.1 Å². The molecule has 1 saturated carbocycles. The van der Waals surface area contributed by atoms with Crippen LogP contribution in [0.1, 0.15) is 69.2 Å². The number of benzene rings is 3. The summed E-state index contributed by atoms with van der Waals surface area (Å²) >= 11 is 0. The van der Waals surface area contributed by atoms with Gasteiger partial charge in [0.25, 0.3) is 0 Å². The van der Waals surface area contributed by atoms with Crippen molar-refractivity contribution in [1.29, 1.82) is 5.26 Å². The summed E-state index contributed by atoms with van der Waals surface area (Å²) < 4.78 is 5.79. The molecular weight excluding hydrogens is 410 g/mol. The first-order valence-electron chi connectivity index (χ1n) is 11.8. The van der Waals surface area contributed by atoms with E-state index in [1.165, 1.54) is 5.56 Å². The summed E-state index contributed by atoms with van der Waals surface area (Å²) in [4.78, 5) is 0. The minimum atomic E-state index is -0.279. The van der Waals surface area contributed by atoms with Crippen LogP contribution in [0.4, 0.5) is 0 Å². The Kier molecular flexibility index (Phi) is 3.85. The third kappa shape index (κ3) is 2.69. The van der Waals surface area contributed by atoms with Gasteiger partial charge in [0.1, 0.15) is 5.75 Å². The second-order valence-electron chi connectivity index (χ2n) is 11.9. The molecule has 0 aromatic heterocycles. The fourth-order valence-corrected chi connectivity index (χ4v) is 7.80. The van der Waals surface area contributed by atoms with Gasteiger partial charge in [-0.25, -0.2) is 0 Å². The molecule has 0 atom stereocenters. The van der Waals surface area contributed by atoms with Gasteiger partial charge in [-0.15, -0.1) is 0 Å². The highest BCUT2D eigenvalue weighted by Crippen LogP contribution is 2.65. The first-order valence-corrected chi connectivity index (χ1v) is 11.8. The summed E-state index contributed by atoms with van der Waals surface area (Å²) in [7, 11) is 0. The highest BCUT2D eigenvalue weighted by Gasteiger charge is 2.54. The first kappa shape index (κ1) is 20.4. The molecule has 3 aromatic rings. The van der Waals surface area contributed by atoms with Crippen molar-refractivity contribution in [1.82, 2.24) is 0 Å². The van der Waals surface area contributed by atoms with Gasteiger partial charge in [0.15, 0.2) is 11.5 Å². The molecule has 0 amide bonds. The summed E-state index contributed by atoms with van der Waals surface area (Å²) in [6, 6.07) is 12.0. The number of phenols is 2. The maximum atomic E-state index is 11.2. The highest BCUT2D eigenvalue weighted by molar-refractivity contribution is 6.08. The molecule has 1 aliphatic heterocycles. The molecule has 4 heteroatoms. The van der Waals surface area contributed by atoms with E-state index in [2.05, 4.69) is 45.9 Å². The molecule has 1 spiro atoms. The van der Waals surface area contributed by atoms with Gasteiger partial charge >= 0.3 is 0 Å². The monoisotopic (exact) mass is 439 g/mol. The van der Waals surface area contributed by atoms with Crippen molar-refractivity contribution in [3.05, 3.63) is 52.6 Å². The van der Waals surface area contributed by atoms with Crippen molar-refractivity contribution >= 4 is 10.8 Å². The van der Waals surface area contributed by atoms with E-state index >= 15 is 0 Å². The zero-order chi connectivity index (χ0) is 23.3. The second-order valence-corrected chi connectivity index (χ2v) is 11.9. The van der Waals surface area contributed by atoms with E-state index in [4.69, 9.17) is 4.74 Å². The largest absolute Gasteiger partial charge is 0.507 e. The Morgan fingerprint density at radius 3 is 2.33 bits per heavy atom. The number of nitrogens with zero attached hydrogens (tertiary/aromatic N) is 1. The van der Waals surface area contributed by atoms with Gasteiger partial charge in [0, 0.05) is 28.2 Å². The lowest BCUT2D eigenvalue weighted by Gasteiger charge is -2.51. The van der Waals surface area contributed by atoms with Gasteiger partial charge in [-0.2, -0.15) is 5.26 Å². The average molecular weight is 440 g/mol. The molecule has 0 radical (unpaired) electrons. The third-order valence-corrected chi connectivity index (χ3v) is 8.00. The summed E-state index contributed by atoms with van der Waals surface area (Å²) in [5, 5.41) is 33.2. The van der Waals surface area contributed by atoms with Crippen LogP contribution in [0.3, 0.4) is 0 Å². The van der Waals surface area contributed by atoms with Crippen molar-refractivity contribution < 1.29 is 14.9 Å². The van der Waals surface area contributed by atoms with Crippen molar-refractivity contribution in [2.75, 3.05) is 6.61 Å². The van der Waals surface area contributed by atoms with Gasteiger partial charge in [-0.3, -0.25) is 0 Å². The average Bonchev–Trinajstić information content (AvgIpc) is 3.30. The lowest BCUT2D eigenvalue weighted by molar-refractivity contribution is 0.0645. The SMILES string of the molecule is CC1(C)CC(C)(C)CC2(C1)c1cc(C#N)ccc1-c1c2cc(O)c2cc(O)c3c(c12)CCO3. The standard InChI is InChI=1S/C29H29NO3/c1-27(2)13-28(3,4)15-29(14-27)20-9-16(12-30)5-6-17(20)25-21(29)11-22(31)19-10-23(32)26-18(24(19)25)7-8-33-26/h5-6,9-11,31-32H,7-8,13-15H2,1-4H3. The van der Waals surface area contributed by atoms with E-state index in [1.54, 1.807) is 6.07 Å². The normalized spacial score (nSPS) is 20.7. The van der Waals surface area contributed by atoms with Crippen LogP contribution in [0.15, 0.2) is 30.3 Å². The number of hydrogen-bond acceptors (Lipinski definition) is 4. The molecular formula is C29H29NO3. The molecule has 3 aliphatic rings. The minimum absolute atomic E-state index is 0.0814. The Labute approximate surface area is 194 Å². The van der Waals surface area contributed by atoms with Crippen LogP contribution in [-0.2, 0) is 11.8 Å². The van der Waals surface area contributed by atoms with Gasteiger partial charge in [-0.1, -0.05) is 33.8 Å². The molecule has 1 heterocycles. The number of fused-ring (bicyclic) bond motifs is 9. The quantitative estimate of drug-likeness (QED) is 0.416. The van der Waals surface area contributed by atoms with E-state index in [0.29, 0.717) is 29.7 Å². The summed E-state index contributed by atoms with van der Waals surface area (Å²) in [6.45, 7) is 9.88. The van der Waals surface area contributed by atoms with Gasteiger partial charge < -0.3 is 14.9 Å². The van der Waals surface area contributed by atoms with Crippen LogP contribution in [0.25, 0.3) is 21.9 Å². The summed E-state index contributed by atoms with van der Waals surface area (Å²) in [6.07, 6.45) is 3.74. The fourth-order valence-electron chi connectivity index (χ4n) is 7.80. The predicted octanol–water partition coefficient (Wildman–Crippen LogP) is 6.56. The summed E-state index contributed by atoms with van der Waals surface area (Å²) in [5.74, 6) is 0.816. The molecule has 0 saturated heterocycles. The maximum Gasteiger partial charge on any atom is 0.164 e. The Morgan fingerprint density at radius 2 is 1.64 bits per heavy atom. The molecule has 2 N–H and O–H groups in total. The number of phenolic OH excluding ortho intramolecular Hbond substituents is 2. The Hall–Kier alpha value is -3.19. The van der Waals surface area contributed by atoms with Crippen LogP contribution in [0.2, 0.25) is 0 Å². The van der Waals surface area contributed by atoms with Crippen LogP contribution in [0, 0.1) is 22.2 Å². The maximum absolute atomic E-state index is 11.2. The van der Waals surface area contributed by atoms with Crippen molar-refractivity contribution in [2.45, 2.75) is 58.8 Å². The molecule has 0 bridgehead atoms. The van der Waals surface area contributed by atoms with Crippen molar-refractivity contribution in [3.8, 4) is 34.4 Å². The molecule has 3 aromatic carbocycles. The molecule has 6 rings (SSSR count). The van der Waals surface area contributed by atoms with Crippen LogP contribution >= 0.6 is 0 Å². The summed E-state index contributed by atoms with van der Waals surface area (Å²) in [5.41, 5.74) is 6.20. The Balaban J connectivity index is 1.79. The number of hydrogen-bond donors (Lipinski definition) is 2. The molecule has 33 heavy (non-hydrogen) atoms. The van der Waals surface area contributed by atoms with E-state index in [-0.39, 0.29) is 27.7 Å². The highest BCUT2D eigenvalue weighted by atomic mass is 16.5. The molecule has 1 fully saturated rings. The second kappa shape index (κ2) is 6.23. The first-order chi connectivity index (χ1) is 15.6. The molecule has 168 valence electrons. The van der Waals surface area contributed by atoms with Crippen LogP contribution in [0.5, 0.6) is 17.2 Å². The van der Waals surface area contributed by atoms with Crippen LogP contribution < -0.4 is 4.74 Å². The Morgan fingerprint density at radius 1 is 0.909 bits per heavy atom. The lowest BCUT2D eigenvalue weighted by Crippen LogP contribution is -2.43. The molecule has 0 unspecified atom stereocenters. The smallest absolute Gasteiger partial charge is 0.164 e. The topological polar surface area (TPSA) is 73.5 Å². The molecule has 2 aliphatic carbocycles. The van der Waals surface area contributed by atoms with Gasteiger partial charge in [0.2, 0.25) is 0 Å². The fraction of sp³-hybridized carbons (Fsp3) is 0.414. The lowest BCUT2D eigenvalue weighted by atomic mass is 9.52. The molecule has 4 nitrogen and oxygen atoms in total. The number of ether oxygens (including phenoxy) is 1. The van der Waals surface area contributed by atoms with E-state index < -0.39 is 0 Å². The number of nitriles is 1. The van der Waals surface area contributed by atoms with Crippen molar-refractivity contribution in [2.24, 2.45) is 10.8 Å². The minimum Gasteiger partial charge on any atom is -0.507 e. The zero-order valence-electron chi connectivity index (χ0n) is 19.7. The van der Waals surface area contributed by atoms with Gasteiger partial charge in [0.05, 0.1) is 18.2 Å². The van der Waals surface area contributed by atoms with Crippen molar-refractivity contribution in [3.63, 3.8) is 0 Å². The van der Waals surface area contributed by atoms with E-state index in [0.717, 1.165) is 46.9 Å². The Bertz CT molecular complexity index is 1390. The zero-order valence-corrected chi connectivity index (χ0v) is 19.7. The number of aromatic hydroxyl groups is 2. The van der Waals surface area contributed by atoms with Gasteiger partial charge in [-0.05, 0) is 76.6 Å².